The van der Waals surface area contributed by atoms with Gasteiger partial charge in [0.1, 0.15) is 0 Å². The Bertz CT molecular complexity index is 262. The molecule has 1 saturated heterocycles. The highest BCUT2D eigenvalue weighted by Crippen LogP contribution is 2.40. The van der Waals surface area contributed by atoms with Crippen molar-refractivity contribution in [3.8, 4) is 0 Å². The van der Waals surface area contributed by atoms with Crippen LogP contribution in [-0.2, 0) is 4.79 Å². The Morgan fingerprint density at radius 3 is 2.60 bits per heavy atom. The minimum Gasteiger partial charge on any atom is -0.481 e. The lowest BCUT2D eigenvalue weighted by molar-refractivity contribution is -0.141. The number of carboxylic acid groups (broad SMARTS) is 1. The van der Waals surface area contributed by atoms with Crippen molar-refractivity contribution in [3.05, 3.63) is 0 Å². The average Bonchev–Trinajstić information content (AvgIpc) is 2.70. The van der Waals surface area contributed by atoms with Crippen LogP contribution in [0.1, 0.15) is 39.5 Å². The molecule has 0 aromatic heterocycles. The lowest BCUT2D eigenvalue weighted by Crippen LogP contribution is -2.32. The molecular formula is C12H21NO2. The molecule has 0 aromatic rings. The van der Waals surface area contributed by atoms with Crippen molar-refractivity contribution < 1.29 is 9.90 Å². The molecule has 2 unspecified atom stereocenters. The highest BCUT2D eigenvalue weighted by Gasteiger charge is 2.38. The number of carboxylic acids is 1. The van der Waals surface area contributed by atoms with Crippen LogP contribution in [0, 0.1) is 11.3 Å². The number of rotatable bonds is 2. The third kappa shape index (κ3) is 2.33. The zero-order valence-electron chi connectivity index (χ0n) is 9.70. The van der Waals surface area contributed by atoms with E-state index in [4.69, 9.17) is 5.11 Å². The zero-order valence-corrected chi connectivity index (χ0v) is 9.70. The van der Waals surface area contributed by atoms with Crippen LogP contribution in [-0.4, -0.2) is 35.1 Å². The molecule has 3 nitrogen and oxygen atoms in total. The minimum atomic E-state index is -0.616. The van der Waals surface area contributed by atoms with Gasteiger partial charge < -0.3 is 5.11 Å². The summed E-state index contributed by atoms with van der Waals surface area (Å²) in [5, 5.41) is 8.95. The van der Waals surface area contributed by atoms with Crippen LogP contribution in [0.25, 0.3) is 0 Å². The number of hydrogen-bond acceptors (Lipinski definition) is 2. The fourth-order valence-corrected chi connectivity index (χ4v) is 3.03. The van der Waals surface area contributed by atoms with Gasteiger partial charge in [0.25, 0.3) is 0 Å². The number of hydrogen-bond donors (Lipinski definition) is 1. The molecule has 3 heteroatoms. The highest BCUT2D eigenvalue weighted by atomic mass is 16.4. The average molecular weight is 211 g/mol. The monoisotopic (exact) mass is 211 g/mol. The van der Waals surface area contributed by atoms with Crippen molar-refractivity contribution in [3.63, 3.8) is 0 Å². The van der Waals surface area contributed by atoms with Gasteiger partial charge in [-0.05, 0) is 37.6 Å². The van der Waals surface area contributed by atoms with Gasteiger partial charge in [0, 0.05) is 12.6 Å². The first-order valence-corrected chi connectivity index (χ1v) is 5.95. The summed E-state index contributed by atoms with van der Waals surface area (Å²) in [5.41, 5.74) is 0.464. The van der Waals surface area contributed by atoms with E-state index in [-0.39, 0.29) is 5.92 Å². The Morgan fingerprint density at radius 1 is 1.40 bits per heavy atom. The van der Waals surface area contributed by atoms with Gasteiger partial charge in [-0.25, -0.2) is 0 Å². The van der Waals surface area contributed by atoms with Gasteiger partial charge in [-0.1, -0.05) is 13.8 Å². The second kappa shape index (κ2) is 3.78. The SMILES string of the molecule is CC1(C)CCC(N2CCC(C(=O)O)C2)C1. The molecule has 86 valence electrons. The van der Waals surface area contributed by atoms with Gasteiger partial charge in [-0.2, -0.15) is 0 Å². The predicted octanol–water partition coefficient (Wildman–Crippen LogP) is 1.97. The second-order valence-electron chi connectivity index (χ2n) is 5.88. The Labute approximate surface area is 91.5 Å². The van der Waals surface area contributed by atoms with Crippen LogP contribution < -0.4 is 0 Å². The lowest BCUT2D eigenvalue weighted by Gasteiger charge is -2.25. The summed E-state index contributed by atoms with van der Waals surface area (Å²) in [5.74, 6) is -0.733. The number of carbonyl (C=O) groups is 1. The molecule has 0 aromatic carbocycles. The smallest absolute Gasteiger partial charge is 0.307 e. The normalized spacial score (nSPS) is 35.9. The fourth-order valence-electron chi connectivity index (χ4n) is 3.03. The van der Waals surface area contributed by atoms with E-state index in [2.05, 4.69) is 18.7 Å². The molecular weight excluding hydrogens is 190 g/mol. The van der Waals surface area contributed by atoms with Gasteiger partial charge in [0.2, 0.25) is 0 Å². The third-order valence-corrected chi connectivity index (χ3v) is 4.03. The van der Waals surface area contributed by atoms with Crippen LogP contribution in [0.5, 0.6) is 0 Å². The van der Waals surface area contributed by atoms with Crippen LogP contribution in [0.3, 0.4) is 0 Å². The zero-order chi connectivity index (χ0) is 11.1. The van der Waals surface area contributed by atoms with Crippen molar-refractivity contribution in [2.45, 2.75) is 45.6 Å². The summed E-state index contributed by atoms with van der Waals surface area (Å²) in [7, 11) is 0. The van der Waals surface area contributed by atoms with Crippen molar-refractivity contribution in [1.82, 2.24) is 4.90 Å². The maximum atomic E-state index is 10.9. The predicted molar refractivity (Wildman–Crippen MR) is 58.7 cm³/mol. The summed E-state index contributed by atoms with van der Waals surface area (Å²) >= 11 is 0. The molecule has 1 N–H and O–H groups in total. The Hall–Kier alpha value is -0.570. The van der Waals surface area contributed by atoms with E-state index >= 15 is 0 Å². The van der Waals surface area contributed by atoms with E-state index in [1.807, 2.05) is 0 Å². The molecule has 0 amide bonds. The van der Waals surface area contributed by atoms with E-state index < -0.39 is 5.97 Å². The summed E-state index contributed by atoms with van der Waals surface area (Å²) in [6.07, 6.45) is 4.61. The number of nitrogens with zero attached hydrogens (tertiary/aromatic N) is 1. The molecule has 2 atom stereocenters. The first kappa shape index (κ1) is 10.9. The van der Waals surface area contributed by atoms with Gasteiger partial charge in [0.05, 0.1) is 5.92 Å². The Balaban J connectivity index is 1.89. The van der Waals surface area contributed by atoms with Crippen LogP contribution in [0.15, 0.2) is 0 Å². The van der Waals surface area contributed by atoms with E-state index in [9.17, 15) is 4.79 Å². The molecule has 2 aliphatic rings. The molecule has 1 aliphatic carbocycles. The fraction of sp³-hybridized carbons (Fsp3) is 0.917. The van der Waals surface area contributed by atoms with Crippen molar-refractivity contribution >= 4 is 5.97 Å². The molecule has 1 heterocycles. The maximum absolute atomic E-state index is 10.9. The first-order valence-electron chi connectivity index (χ1n) is 5.95. The van der Waals surface area contributed by atoms with Crippen LogP contribution in [0.2, 0.25) is 0 Å². The topological polar surface area (TPSA) is 40.5 Å². The van der Waals surface area contributed by atoms with Gasteiger partial charge in [0.15, 0.2) is 0 Å². The number of likely N-dealkylation sites (tertiary alicyclic amines) is 1. The summed E-state index contributed by atoms with van der Waals surface area (Å²) < 4.78 is 0. The summed E-state index contributed by atoms with van der Waals surface area (Å²) in [6, 6.07) is 0.643. The van der Waals surface area contributed by atoms with E-state index in [1.165, 1.54) is 19.3 Å². The molecule has 0 radical (unpaired) electrons. The van der Waals surface area contributed by atoms with E-state index in [1.54, 1.807) is 0 Å². The van der Waals surface area contributed by atoms with Crippen molar-refractivity contribution in [1.29, 1.82) is 0 Å². The van der Waals surface area contributed by atoms with E-state index in [0.29, 0.717) is 11.5 Å². The van der Waals surface area contributed by atoms with Gasteiger partial charge in [-0.15, -0.1) is 0 Å². The lowest BCUT2D eigenvalue weighted by atomic mass is 9.91. The maximum Gasteiger partial charge on any atom is 0.307 e. The molecule has 15 heavy (non-hydrogen) atoms. The molecule has 1 aliphatic heterocycles. The van der Waals surface area contributed by atoms with Gasteiger partial charge >= 0.3 is 5.97 Å². The third-order valence-electron chi connectivity index (χ3n) is 4.03. The molecule has 2 rings (SSSR count). The number of aliphatic carboxylic acids is 1. The largest absolute Gasteiger partial charge is 0.481 e. The molecule has 0 bridgehead atoms. The minimum absolute atomic E-state index is 0.117. The summed E-state index contributed by atoms with van der Waals surface area (Å²) in [4.78, 5) is 13.3. The molecule has 1 saturated carbocycles. The Kier molecular flexibility index (Phi) is 2.75. The summed E-state index contributed by atoms with van der Waals surface area (Å²) in [6.45, 7) is 6.39. The molecule has 0 spiro atoms. The van der Waals surface area contributed by atoms with E-state index in [0.717, 1.165) is 19.5 Å². The Morgan fingerprint density at radius 2 is 2.13 bits per heavy atom. The second-order valence-corrected chi connectivity index (χ2v) is 5.88. The molecule has 2 fully saturated rings. The van der Waals surface area contributed by atoms with Crippen molar-refractivity contribution in [2.75, 3.05) is 13.1 Å². The quantitative estimate of drug-likeness (QED) is 0.759. The van der Waals surface area contributed by atoms with Crippen LogP contribution in [0.4, 0.5) is 0 Å². The standard InChI is InChI=1S/C12H21NO2/c1-12(2)5-3-10(7-12)13-6-4-9(8-13)11(14)15/h9-10H,3-8H2,1-2H3,(H,14,15). The first-order chi connectivity index (χ1) is 6.98. The highest BCUT2D eigenvalue weighted by molar-refractivity contribution is 5.70. The van der Waals surface area contributed by atoms with Crippen LogP contribution >= 0.6 is 0 Å². The van der Waals surface area contributed by atoms with Crippen molar-refractivity contribution in [2.24, 2.45) is 11.3 Å². The van der Waals surface area contributed by atoms with Gasteiger partial charge in [-0.3, -0.25) is 9.69 Å².